The normalized spacial score (nSPS) is 19.4. The average Bonchev–Trinajstić information content (AvgIpc) is 3.00. The molecule has 1 aromatic carbocycles. The van der Waals surface area contributed by atoms with Crippen LogP contribution in [0.2, 0.25) is 0 Å². The standard InChI is InChI=1S/C18H20N2O5/c1-24-17(22)19-11-14(21)8-7-13(19)9-12-10-20(18(23)25-2)16-6-4-3-5-15(12)16/h3-7,12H,8-11H2,1-2H3. The Labute approximate surface area is 145 Å². The number of hydrogen-bond donors (Lipinski definition) is 0. The van der Waals surface area contributed by atoms with Crippen molar-refractivity contribution in [1.29, 1.82) is 0 Å². The van der Waals surface area contributed by atoms with Crippen LogP contribution in [0.5, 0.6) is 0 Å². The molecular formula is C18H20N2O5. The number of Topliss-reactive ketones (excluding diaryl/α,β-unsaturated/α-hetero) is 1. The first-order valence-corrected chi connectivity index (χ1v) is 8.05. The monoisotopic (exact) mass is 344 g/mol. The molecule has 0 spiro atoms. The molecule has 1 atom stereocenters. The van der Waals surface area contributed by atoms with Crippen molar-refractivity contribution in [2.24, 2.45) is 0 Å². The first kappa shape index (κ1) is 17.0. The van der Waals surface area contributed by atoms with Crippen molar-refractivity contribution >= 4 is 23.7 Å². The molecule has 2 heterocycles. The van der Waals surface area contributed by atoms with Crippen LogP contribution in [0.1, 0.15) is 24.3 Å². The molecule has 2 aliphatic heterocycles. The van der Waals surface area contributed by atoms with Crippen LogP contribution in [0.15, 0.2) is 36.0 Å². The number of ketones is 1. The molecule has 0 bridgehead atoms. The molecule has 0 N–H and O–H groups in total. The average molecular weight is 344 g/mol. The van der Waals surface area contributed by atoms with Gasteiger partial charge in [-0.3, -0.25) is 14.6 Å². The molecule has 2 amide bonds. The summed E-state index contributed by atoms with van der Waals surface area (Å²) >= 11 is 0. The van der Waals surface area contributed by atoms with Crippen molar-refractivity contribution in [3.05, 3.63) is 41.6 Å². The molecule has 1 unspecified atom stereocenters. The van der Waals surface area contributed by atoms with E-state index in [-0.39, 0.29) is 18.2 Å². The highest BCUT2D eigenvalue weighted by atomic mass is 16.5. The second-order valence-electron chi connectivity index (χ2n) is 6.03. The Morgan fingerprint density at radius 1 is 1.12 bits per heavy atom. The Kier molecular flexibility index (Phi) is 4.74. The number of para-hydroxylation sites is 1. The van der Waals surface area contributed by atoms with Crippen molar-refractivity contribution in [2.45, 2.75) is 18.8 Å². The lowest BCUT2D eigenvalue weighted by atomic mass is 9.94. The Morgan fingerprint density at radius 3 is 2.52 bits per heavy atom. The second kappa shape index (κ2) is 6.96. The number of methoxy groups -OCH3 is 2. The maximum Gasteiger partial charge on any atom is 0.414 e. The summed E-state index contributed by atoms with van der Waals surface area (Å²) in [5, 5.41) is 0. The highest BCUT2D eigenvalue weighted by Gasteiger charge is 2.35. The first-order chi connectivity index (χ1) is 12.0. The van der Waals surface area contributed by atoms with Crippen LogP contribution in [0.25, 0.3) is 0 Å². The summed E-state index contributed by atoms with van der Waals surface area (Å²) < 4.78 is 9.65. The van der Waals surface area contributed by atoms with Gasteiger partial charge in [0.25, 0.3) is 0 Å². The van der Waals surface area contributed by atoms with Gasteiger partial charge in [0.05, 0.1) is 26.5 Å². The minimum absolute atomic E-state index is 0.0157. The number of amides is 2. The number of carbonyl (C=O) groups is 3. The highest BCUT2D eigenvalue weighted by molar-refractivity contribution is 5.91. The molecule has 132 valence electrons. The third-order valence-corrected chi connectivity index (χ3v) is 4.56. The van der Waals surface area contributed by atoms with Crippen LogP contribution in [0, 0.1) is 0 Å². The van der Waals surface area contributed by atoms with Crippen molar-refractivity contribution in [1.82, 2.24) is 4.90 Å². The fourth-order valence-electron chi connectivity index (χ4n) is 3.38. The van der Waals surface area contributed by atoms with Crippen LogP contribution in [-0.2, 0) is 14.3 Å². The lowest BCUT2D eigenvalue weighted by Crippen LogP contribution is -2.38. The zero-order valence-corrected chi connectivity index (χ0v) is 14.2. The molecule has 25 heavy (non-hydrogen) atoms. The van der Waals surface area contributed by atoms with Gasteiger partial charge in [-0.25, -0.2) is 9.59 Å². The number of ether oxygens (including phenoxy) is 2. The van der Waals surface area contributed by atoms with Crippen LogP contribution in [0.4, 0.5) is 15.3 Å². The van der Waals surface area contributed by atoms with Gasteiger partial charge >= 0.3 is 12.2 Å². The van der Waals surface area contributed by atoms with E-state index < -0.39 is 12.2 Å². The summed E-state index contributed by atoms with van der Waals surface area (Å²) in [4.78, 5) is 38.7. The number of allylic oxidation sites excluding steroid dienone is 2. The fraction of sp³-hybridized carbons (Fsp3) is 0.389. The van der Waals surface area contributed by atoms with Gasteiger partial charge in [0.2, 0.25) is 0 Å². The lowest BCUT2D eigenvalue weighted by molar-refractivity contribution is -0.119. The smallest absolute Gasteiger partial charge is 0.414 e. The Morgan fingerprint density at radius 2 is 1.80 bits per heavy atom. The van der Waals surface area contributed by atoms with Crippen LogP contribution in [0.3, 0.4) is 0 Å². The van der Waals surface area contributed by atoms with Crippen LogP contribution < -0.4 is 4.90 Å². The molecule has 0 fully saturated rings. The minimum atomic E-state index is -0.546. The third-order valence-electron chi connectivity index (χ3n) is 4.56. The number of carbonyl (C=O) groups excluding carboxylic acids is 3. The van der Waals surface area contributed by atoms with E-state index >= 15 is 0 Å². The number of rotatable bonds is 2. The summed E-state index contributed by atoms with van der Waals surface area (Å²) in [6.45, 7) is 0.486. The predicted octanol–water partition coefficient (Wildman–Crippen LogP) is 2.67. The van der Waals surface area contributed by atoms with Crippen molar-refractivity contribution in [2.75, 3.05) is 32.2 Å². The van der Waals surface area contributed by atoms with Crippen molar-refractivity contribution in [3.8, 4) is 0 Å². The van der Waals surface area contributed by atoms with E-state index in [1.807, 2.05) is 24.3 Å². The molecular weight excluding hydrogens is 324 g/mol. The van der Waals surface area contributed by atoms with Crippen LogP contribution >= 0.6 is 0 Å². The number of nitrogens with zero attached hydrogens (tertiary/aromatic N) is 2. The number of anilines is 1. The van der Waals surface area contributed by atoms with Gasteiger partial charge in [0, 0.05) is 24.6 Å². The molecule has 1 aromatic rings. The largest absolute Gasteiger partial charge is 0.452 e. The topological polar surface area (TPSA) is 76.2 Å². The molecule has 0 aliphatic carbocycles. The Balaban J connectivity index is 1.86. The number of fused-ring (bicyclic) bond motifs is 1. The van der Waals surface area contributed by atoms with Crippen molar-refractivity contribution < 1.29 is 23.9 Å². The molecule has 0 radical (unpaired) electrons. The molecule has 0 saturated heterocycles. The first-order valence-electron chi connectivity index (χ1n) is 8.05. The summed E-state index contributed by atoms with van der Waals surface area (Å²) in [5.74, 6) is -0.0148. The third kappa shape index (κ3) is 3.22. The maximum absolute atomic E-state index is 12.0. The number of hydrogen-bond acceptors (Lipinski definition) is 5. The van der Waals surface area contributed by atoms with E-state index in [0.717, 1.165) is 16.9 Å². The fourth-order valence-corrected chi connectivity index (χ4v) is 3.38. The van der Waals surface area contributed by atoms with Gasteiger partial charge in [-0.2, -0.15) is 0 Å². The van der Waals surface area contributed by atoms with Gasteiger partial charge in [-0.15, -0.1) is 0 Å². The summed E-state index contributed by atoms with van der Waals surface area (Å²) in [6.07, 6.45) is 1.65. The molecule has 2 aliphatic rings. The highest BCUT2D eigenvalue weighted by Crippen LogP contribution is 2.40. The summed E-state index contributed by atoms with van der Waals surface area (Å²) in [6, 6.07) is 7.64. The van der Waals surface area contributed by atoms with Crippen LogP contribution in [-0.4, -0.2) is 50.2 Å². The minimum Gasteiger partial charge on any atom is -0.452 e. The van der Waals surface area contributed by atoms with E-state index in [4.69, 9.17) is 9.47 Å². The Bertz CT molecular complexity index is 743. The van der Waals surface area contributed by atoms with E-state index in [9.17, 15) is 14.4 Å². The van der Waals surface area contributed by atoms with Gasteiger partial charge in [-0.1, -0.05) is 24.3 Å². The molecule has 7 nitrogen and oxygen atoms in total. The van der Waals surface area contributed by atoms with E-state index in [0.29, 0.717) is 19.4 Å². The van der Waals surface area contributed by atoms with Crippen molar-refractivity contribution in [3.63, 3.8) is 0 Å². The summed E-state index contributed by atoms with van der Waals surface area (Å²) in [5.41, 5.74) is 2.59. The lowest BCUT2D eigenvalue weighted by Gasteiger charge is -2.28. The predicted molar refractivity (Wildman–Crippen MR) is 90.4 cm³/mol. The van der Waals surface area contributed by atoms with E-state index in [1.54, 1.807) is 11.0 Å². The van der Waals surface area contributed by atoms with Gasteiger partial charge in [0.1, 0.15) is 0 Å². The van der Waals surface area contributed by atoms with Gasteiger partial charge in [-0.05, 0) is 18.1 Å². The van der Waals surface area contributed by atoms with E-state index in [1.165, 1.54) is 19.1 Å². The second-order valence-corrected chi connectivity index (χ2v) is 6.03. The molecule has 7 heteroatoms. The SMILES string of the molecule is COC(=O)N1CC(=O)CC=C1CC1CN(C(=O)OC)c2ccccc21. The maximum atomic E-state index is 12.0. The van der Waals surface area contributed by atoms with E-state index in [2.05, 4.69) is 0 Å². The Hall–Kier alpha value is -2.83. The van der Waals surface area contributed by atoms with Gasteiger partial charge < -0.3 is 9.47 Å². The zero-order valence-electron chi connectivity index (χ0n) is 14.2. The molecule has 0 aromatic heterocycles. The quantitative estimate of drug-likeness (QED) is 0.824. The molecule has 0 saturated carbocycles. The molecule has 3 rings (SSSR count). The zero-order chi connectivity index (χ0) is 18.0. The van der Waals surface area contributed by atoms with Gasteiger partial charge in [0.15, 0.2) is 5.78 Å². The number of benzene rings is 1. The summed E-state index contributed by atoms with van der Waals surface area (Å²) in [7, 11) is 2.65.